The first-order chi connectivity index (χ1) is 16.4. The van der Waals surface area contributed by atoms with E-state index in [9.17, 15) is 18.0 Å². The first kappa shape index (κ1) is 26.6. The zero-order chi connectivity index (χ0) is 25.8. The zero-order valence-electron chi connectivity index (χ0n) is 19.5. The van der Waals surface area contributed by atoms with Gasteiger partial charge in [-0.1, -0.05) is 34.1 Å². The van der Waals surface area contributed by atoms with Gasteiger partial charge < -0.3 is 15.2 Å². The highest BCUT2D eigenvalue weighted by atomic mass is 79.9. The molecular formula is C24H26BrN3O6S. The maximum Gasteiger partial charge on any atom is 0.320 e. The molecule has 11 heteroatoms. The van der Waals surface area contributed by atoms with Gasteiger partial charge in [-0.05, 0) is 49.7 Å². The average molecular weight is 564 g/mol. The molecule has 0 bridgehead atoms. The van der Waals surface area contributed by atoms with Crippen molar-refractivity contribution in [1.82, 2.24) is 9.78 Å². The van der Waals surface area contributed by atoms with E-state index in [4.69, 9.17) is 15.2 Å². The van der Waals surface area contributed by atoms with Gasteiger partial charge in [0.05, 0.1) is 29.9 Å². The average Bonchev–Trinajstić information content (AvgIpc) is 2.79. The molecule has 3 rings (SSSR count). The Morgan fingerprint density at radius 3 is 2.46 bits per heavy atom. The summed E-state index contributed by atoms with van der Waals surface area (Å²) >= 11 is 3.39. The Morgan fingerprint density at radius 2 is 1.86 bits per heavy atom. The molecule has 0 radical (unpaired) electrons. The third-order valence-electron chi connectivity index (χ3n) is 5.09. The van der Waals surface area contributed by atoms with Crippen molar-refractivity contribution in [3.05, 3.63) is 69.6 Å². The minimum atomic E-state index is -3.38. The highest BCUT2D eigenvalue weighted by Gasteiger charge is 2.24. The summed E-state index contributed by atoms with van der Waals surface area (Å²) in [5.41, 5.74) is 5.47. The number of halogens is 1. The number of aromatic nitrogens is 2. The molecular weight excluding hydrogens is 538 g/mol. The van der Waals surface area contributed by atoms with E-state index in [2.05, 4.69) is 21.0 Å². The van der Waals surface area contributed by atoms with E-state index >= 15 is 0 Å². The number of rotatable bonds is 9. The van der Waals surface area contributed by atoms with Gasteiger partial charge in [-0.3, -0.25) is 9.59 Å². The molecule has 0 saturated carbocycles. The van der Waals surface area contributed by atoms with Crippen LogP contribution in [0.1, 0.15) is 20.3 Å². The number of esters is 1. The smallest absolute Gasteiger partial charge is 0.320 e. The monoisotopic (exact) mass is 563 g/mol. The number of nitrogens with two attached hydrogens (primary N) is 1. The van der Waals surface area contributed by atoms with Gasteiger partial charge in [0.25, 0.3) is 0 Å². The molecule has 0 aliphatic rings. The fourth-order valence-corrected chi connectivity index (χ4v) is 4.27. The molecule has 3 aromatic rings. The van der Waals surface area contributed by atoms with Crippen LogP contribution in [0.5, 0.6) is 5.75 Å². The van der Waals surface area contributed by atoms with Gasteiger partial charge in [-0.25, -0.2) is 8.42 Å². The molecule has 35 heavy (non-hydrogen) atoms. The molecule has 0 aliphatic carbocycles. The summed E-state index contributed by atoms with van der Waals surface area (Å²) in [4.78, 5) is 25.2. The van der Waals surface area contributed by atoms with Crippen LogP contribution in [0.25, 0.3) is 16.8 Å². The summed E-state index contributed by atoms with van der Waals surface area (Å²) < 4.78 is 36.9. The molecule has 1 heterocycles. The van der Waals surface area contributed by atoms with Crippen LogP contribution in [0.4, 0.5) is 0 Å². The molecule has 0 unspecified atom stereocenters. The lowest BCUT2D eigenvalue weighted by molar-refractivity contribution is -0.155. The van der Waals surface area contributed by atoms with Crippen molar-refractivity contribution in [2.24, 2.45) is 5.73 Å². The Balaban J connectivity index is 2.01. The van der Waals surface area contributed by atoms with Crippen LogP contribution in [0.2, 0.25) is 0 Å². The quantitative estimate of drug-likeness (QED) is 0.393. The number of ether oxygens (including phenoxy) is 2. The molecule has 0 saturated heterocycles. The van der Waals surface area contributed by atoms with Gasteiger partial charge in [0.2, 0.25) is 0 Å². The SMILES string of the molecule is CC(C)(CCOc1c(-c2ccc(S(C)(=O)=O)cc2)cnn(-c2cccc(Br)c2)c1=O)OC(=O)CN. The Morgan fingerprint density at radius 1 is 1.17 bits per heavy atom. The number of benzene rings is 2. The van der Waals surface area contributed by atoms with Crippen molar-refractivity contribution in [2.45, 2.75) is 30.8 Å². The van der Waals surface area contributed by atoms with Crippen molar-refractivity contribution in [1.29, 1.82) is 0 Å². The zero-order valence-corrected chi connectivity index (χ0v) is 21.9. The highest BCUT2D eigenvalue weighted by Crippen LogP contribution is 2.29. The molecule has 9 nitrogen and oxygen atoms in total. The Hall–Kier alpha value is -3.02. The third-order valence-corrected chi connectivity index (χ3v) is 6.71. The maximum absolute atomic E-state index is 13.4. The Kier molecular flexibility index (Phi) is 8.14. The summed E-state index contributed by atoms with van der Waals surface area (Å²) in [6, 6.07) is 13.2. The summed E-state index contributed by atoms with van der Waals surface area (Å²) in [5.74, 6) is -0.504. The number of carbonyl (C=O) groups is 1. The fourth-order valence-electron chi connectivity index (χ4n) is 3.26. The maximum atomic E-state index is 13.4. The lowest BCUT2D eigenvalue weighted by atomic mass is 10.1. The van der Waals surface area contributed by atoms with Crippen LogP contribution in [0.15, 0.2) is 68.9 Å². The van der Waals surface area contributed by atoms with E-state index in [1.165, 1.54) is 23.0 Å². The first-order valence-corrected chi connectivity index (χ1v) is 13.3. The predicted molar refractivity (Wildman–Crippen MR) is 135 cm³/mol. The molecule has 2 aromatic carbocycles. The van der Waals surface area contributed by atoms with Gasteiger partial charge in [0.15, 0.2) is 15.6 Å². The number of nitrogens with zero attached hydrogens (tertiary/aromatic N) is 2. The molecule has 0 aliphatic heterocycles. The molecule has 0 amide bonds. The van der Waals surface area contributed by atoms with E-state index in [0.29, 0.717) is 23.2 Å². The Labute approximate surface area is 211 Å². The van der Waals surface area contributed by atoms with Crippen LogP contribution in [-0.2, 0) is 19.4 Å². The largest absolute Gasteiger partial charge is 0.487 e. The molecule has 0 spiro atoms. The van der Waals surface area contributed by atoms with Gasteiger partial charge >= 0.3 is 11.5 Å². The highest BCUT2D eigenvalue weighted by molar-refractivity contribution is 9.10. The van der Waals surface area contributed by atoms with Gasteiger partial charge in [0.1, 0.15) is 5.60 Å². The normalized spacial score (nSPS) is 11.8. The van der Waals surface area contributed by atoms with Gasteiger partial charge in [-0.2, -0.15) is 9.78 Å². The van der Waals surface area contributed by atoms with Crippen molar-refractivity contribution in [3.63, 3.8) is 0 Å². The summed E-state index contributed by atoms with van der Waals surface area (Å²) in [5, 5.41) is 4.31. The first-order valence-electron chi connectivity index (χ1n) is 10.6. The number of sulfone groups is 1. The van der Waals surface area contributed by atoms with E-state index in [-0.39, 0.29) is 23.8 Å². The summed E-state index contributed by atoms with van der Waals surface area (Å²) in [6.45, 7) is 3.28. The Bertz CT molecular complexity index is 1390. The summed E-state index contributed by atoms with van der Waals surface area (Å²) in [6.07, 6.45) is 2.91. The molecule has 0 fully saturated rings. The van der Waals surface area contributed by atoms with Crippen molar-refractivity contribution in [3.8, 4) is 22.6 Å². The third kappa shape index (κ3) is 6.77. The standard InChI is InChI=1S/C24H26BrN3O6S/c1-24(2,34-21(29)14-26)11-12-33-22-20(16-7-9-19(10-8-16)35(3,31)32)15-27-28(23(22)30)18-6-4-5-17(25)13-18/h4-10,13,15H,11-12,14,26H2,1-3H3. The lowest BCUT2D eigenvalue weighted by Crippen LogP contribution is -2.33. The van der Waals surface area contributed by atoms with Crippen LogP contribution < -0.4 is 16.0 Å². The minimum absolute atomic E-state index is 0.0352. The lowest BCUT2D eigenvalue weighted by Gasteiger charge is -2.25. The van der Waals surface area contributed by atoms with Crippen molar-refractivity contribution >= 4 is 31.7 Å². The topological polar surface area (TPSA) is 131 Å². The van der Waals surface area contributed by atoms with Gasteiger partial charge in [0, 0.05) is 22.7 Å². The summed E-state index contributed by atoms with van der Waals surface area (Å²) in [7, 11) is -3.38. The molecule has 1 aromatic heterocycles. The second-order valence-corrected chi connectivity index (χ2v) is 11.3. The molecule has 186 valence electrons. The van der Waals surface area contributed by atoms with Crippen molar-refractivity contribution < 1.29 is 22.7 Å². The van der Waals surface area contributed by atoms with Crippen molar-refractivity contribution in [2.75, 3.05) is 19.4 Å². The minimum Gasteiger partial charge on any atom is -0.487 e. The van der Waals surface area contributed by atoms with E-state index in [1.807, 2.05) is 6.07 Å². The number of hydrogen-bond acceptors (Lipinski definition) is 8. The molecule has 0 atom stereocenters. The molecule has 2 N–H and O–H groups in total. The van der Waals surface area contributed by atoms with Crippen LogP contribution >= 0.6 is 15.9 Å². The van der Waals surface area contributed by atoms with E-state index in [1.54, 1.807) is 44.2 Å². The second kappa shape index (κ2) is 10.7. The van der Waals surface area contributed by atoms with E-state index < -0.39 is 27.0 Å². The van der Waals surface area contributed by atoms with Crippen LogP contribution in [0.3, 0.4) is 0 Å². The number of carbonyl (C=O) groups excluding carboxylic acids is 1. The van der Waals surface area contributed by atoms with Crippen LogP contribution in [-0.4, -0.2) is 49.2 Å². The fraction of sp³-hybridized carbons (Fsp3) is 0.292. The second-order valence-electron chi connectivity index (χ2n) is 8.42. The van der Waals surface area contributed by atoms with E-state index in [0.717, 1.165) is 10.7 Å². The number of hydrogen-bond donors (Lipinski definition) is 1. The van der Waals surface area contributed by atoms with Gasteiger partial charge in [-0.15, -0.1) is 0 Å². The van der Waals surface area contributed by atoms with Crippen LogP contribution in [0, 0.1) is 0 Å². The predicted octanol–water partition coefficient (Wildman–Crippen LogP) is 3.11.